The molecule has 0 aliphatic heterocycles. The van der Waals surface area contributed by atoms with Crippen LogP contribution < -0.4 is 0 Å². The number of carbonyl (C=O) groups excluding carboxylic acids is 4. The Balaban J connectivity index is 5.10. The van der Waals surface area contributed by atoms with Gasteiger partial charge < -0.3 is 33.8 Å². The zero-order valence-electron chi connectivity index (χ0n) is 59.7. The maximum Gasteiger partial charge on any atom is 0.472 e. The summed E-state index contributed by atoms with van der Waals surface area (Å²) in [5, 5.41) is 10.6. The molecule has 19 heteroatoms. The van der Waals surface area contributed by atoms with Gasteiger partial charge in [-0.1, -0.05) is 330 Å². The Kier molecular flexibility index (Phi) is 64.9. The van der Waals surface area contributed by atoms with Gasteiger partial charge in [-0.15, -0.1) is 0 Å². The minimum atomic E-state index is -4.95. The third-order valence-corrected chi connectivity index (χ3v) is 18.9. The zero-order chi connectivity index (χ0) is 67.7. The van der Waals surface area contributed by atoms with Gasteiger partial charge in [-0.25, -0.2) is 9.13 Å². The first-order valence-corrected chi connectivity index (χ1v) is 41.1. The molecule has 0 heterocycles. The van der Waals surface area contributed by atoms with E-state index in [-0.39, 0.29) is 25.7 Å². The third kappa shape index (κ3) is 66.7. The van der Waals surface area contributed by atoms with Crippen LogP contribution in [0.3, 0.4) is 0 Å². The van der Waals surface area contributed by atoms with Crippen molar-refractivity contribution in [3.05, 3.63) is 0 Å². The summed E-state index contributed by atoms with van der Waals surface area (Å²) in [6.45, 7) is 7.17. The van der Waals surface area contributed by atoms with E-state index < -0.39 is 97.5 Å². The van der Waals surface area contributed by atoms with Crippen LogP contribution in [0, 0.1) is 5.92 Å². The van der Waals surface area contributed by atoms with Crippen molar-refractivity contribution >= 4 is 39.5 Å². The molecule has 2 unspecified atom stereocenters. The summed E-state index contributed by atoms with van der Waals surface area (Å²) < 4.78 is 68.1. The van der Waals surface area contributed by atoms with Crippen LogP contribution in [0.5, 0.6) is 0 Å². The van der Waals surface area contributed by atoms with Crippen molar-refractivity contribution in [2.75, 3.05) is 39.6 Å². The standard InChI is InChI=1S/C73H142O17P2/c1-6-9-12-15-17-19-21-22-23-24-25-26-27-28-29-30-31-35-40-44-49-54-59-73(78)90-69(63-84-71(76)57-52-47-42-38-36-32-34-37-41-46-50-55-66(4)5)65-88-92(81,82)86-61-67(74)60-85-91(79,80)87-64-68(62-83-70(75)56-51-45-14-11-8-3)89-72(77)58-53-48-43-39-33-20-18-16-13-10-7-2/h66-69,74H,6-65H2,1-5H3,(H,79,80)(H,81,82)/t67-,68+,69+/m0/s1. The first kappa shape index (κ1) is 90.1. The predicted octanol–water partition coefficient (Wildman–Crippen LogP) is 21.3. The van der Waals surface area contributed by atoms with Gasteiger partial charge in [0.2, 0.25) is 0 Å². The molecular weight excluding hydrogens is 1210 g/mol. The van der Waals surface area contributed by atoms with Crippen molar-refractivity contribution in [3.63, 3.8) is 0 Å². The maximum atomic E-state index is 13.1. The lowest BCUT2D eigenvalue weighted by molar-refractivity contribution is -0.161. The van der Waals surface area contributed by atoms with E-state index in [4.69, 9.17) is 37.0 Å². The lowest BCUT2D eigenvalue weighted by Gasteiger charge is -2.21. The topological polar surface area (TPSA) is 237 Å². The Morgan fingerprint density at radius 3 is 0.739 bits per heavy atom. The van der Waals surface area contributed by atoms with E-state index in [0.717, 1.165) is 102 Å². The summed E-state index contributed by atoms with van der Waals surface area (Å²) in [6, 6.07) is 0. The number of aliphatic hydroxyl groups excluding tert-OH is 1. The molecule has 0 radical (unpaired) electrons. The highest BCUT2D eigenvalue weighted by atomic mass is 31.2. The van der Waals surface area contributed by atoms with E-state index >= 15 is 0 Å². The Morgan fingerprint density at radius 2 is 0.500 bits per heavy atom. The van der Waals surface area contributed by atoms with Crippen molar-refractivity contribution in [1.82, 2.24) is 0 Å². The van der Waals surface area contributed by atoms with E-state index in [0.29, 0.717) is 25.7 Å². The summed E-state index contributed by atoms with van der Waals surface area (Å²) in [5.41, 5.74) is 0. The summed E-state index contributed by atoms with van der Waals surface area (Å²) in [6.07, 6.45) is 54.7. The second kappa shape index (κ2) is 66.3. The molecule has 0 spiro atoms. The largest absolute Gasteiger partial charge is 0.472 e. The van der Waals surface area contributed by atoms with Gasteiger partial charge >= 0.3 is 39.5 Å². The molecule has 3 N–H and O–H groups in total. The van der Waals surface area contributed by atoms with Crippen LogP contribution in [-0.2, 0) is 65.4 Å². The van der Waals surface area contributed by atoms with E-state index in [1.807, 2.05) is 0 Å². The van der Waals surface area contributed by atoms with Crippen molar-refractivity contribution in [3.8, 4) is 0 Å². The molecule has 546 valence electrons. The Bertz CT molecular complexity index is 1770. The molecule has 0 aromatic carbocycles. The van der Waals surface area contributed by atoms with Crippen molar-refractivity contribution in [2.24, 2.45) is 5.92 Å². The zero-order valence-corrected chi connectivity index (χ0v) is 61.5. The fourth-order valence-corrected chi connectivity index (χ4v) is 12.8. The third-order valence-electron chi connectivity index (χ3n) is 17.0. The van der Waals surface area contributed by atoms with Crippen LogP contribution >= 0.6 is 15.6 Å². The van der Waals surface area contributed by atoms with Crippen molar-refractivity contribution in [2.45, 2.75) is 400 Å². The summed E-state index contributed by atoms with van der Waals surface area (Å²) in [4.78, 5) is 72.3. The molecule has 5 atom stereocenters. The highest BCUT2D eigenvalue weighted by Gasteiger charge is 2.30. The van der Waals surface area contributed by atoms with Crippen LogP contribution in [0.1, 0.15) is 381 Å². The fraction of sp³-hybridized carbons (Fsp3) is 0.945. The molecular formula is C73H142O17P2. The molecule has 0 aromatic rings. The van der Waals surface area contributed by atoms with Crippen LogP contribution in [0.25, 0.3) is 0 Å². The van der Waals surface area contributed by atoms with Gasteiger partial charge in [0.15, 0.2) is 12.2 Å². The van der Waals surface area contributed by atoms with Gasteiger partial charge in [0, 0.05) is 25.7 Å². The number of esters is 4. The summed E-state index contributed by atoms with van der Waals surface area (Å²) >= 11 is 0. The smallest absolute Gasteiger partial charge is 0.462 e. The van der Waals surface area contributed by atoms with Gasteiger partial charge in [0.1, 0.15) is 19.3 Å². The van der Waals surface area contributed by atoms with Gasteiger partial charge in [0.25, 0.3) is 0 Å². The molecule has 0 bridgehead atoms. The van der Waals surface area contributed by atoms with E-state index in [1.165, 1.54) is 199 Å². The number of rotatable bonds is 73. The molecule has 0 aliphatic carbocycles. The normalized spacial score (nSPS) is 14.0. The summed E-state index contributed by atoms with van der Waals surface area (Å²) in [5.74, 6) is -1.36. The lowest BCUT2D eigenvalue weighted by Crippen LogP contribution is -2.30. The monoisotopic (exact) mass is 1350 g/mol. The molecule has 92 heavy (non-hydrogen) atoms. The van der Waals surface area contributed by atoms with E-state index in [1.54, 1.807) is 0 Å². The first-order chi connectivity index (χ1) is 44.5. The average molecular weight is 1350 g/mol. The molecule has 0 rings (SSSR count). The number of hydrogen-bond acceptors (Lipinski definition) is 15. The number of ether oxygens (including phenoxy) is 4. The second-order valence-electron chi connectivity index (χ2n) is 26.8. The minimum Gasteiger partial charge on any atom is -0.462 e. The molecule has 0 amide bonds. The first-order valence-electron chi connectivity index (χ1n) is 38.1. The van der Waals surface area contributed by atoms with Gasteiger partial charge in [-0.05, 0) is 31.6 Å². The Hall–Kier alpha value is -1.94. The molecule has 0 fully saturated rings. The minimum absolute atomic E-state index is 0.106. The number of unbranched alkanes of at least 4 members (excludes halogenated alkanes) is 45. The number of aliphatic hydroxyl groups is 1. The Labute approximate surface area is 562 Å². The SMILES string of the molecule is CCCCCCCCCCCCCCCCCCCCCCCCC(=O)O[C@H](COC(=O)CCCCCCCCCCCCCC(C)C)COP(=O)(O)OC[C@@H](O)COP(=O)(O)OC[C@@H](COC(=O)CCCCCCC)OC(=O)CCCCCCCCCCCCC. The number of hydrogen-bond donors (Lipinski definition) is 3. The second-order valence-corrected chi connectivity index (χ2v) is 29.7. The lowest BCUT2D eigenvalue weighted by atomic mass is 10.0. The quantitative estimate of drug-likeness (QED) is 0.0222. The van der Waals surface area contributed by atoms with Crippen LogP contribution in [0.15, 0.2) is 0 Å². The fourth-order valence-electron chi connectivity index (χ4n) is 11.2. The number of carbonyl (C=O) groups is 4. The molecule has 0 saturated heterocycles. The van der Waals surface area contributed by atoms with E-state index in [2.05, 4.69) is 34.6 Å². The number of phosphoric acid groups is 2. The molecule has 0 aliphatic rings. The number of phosphoric ester groups is 2. The highest BCUT2D eigenvalue weighted by Crippen LogP contribution is 2.45. The molecule has 17 nitrogen and oxygen atoms in total. The van der Waals surface area contributed by atoms with Crippen LogP contribution in [0.2, 0.25) is 0 Å². The highest BCUT2D eigenvalue weighted by molar-refractivity contribution is 7.47. The van der Waals surface area contributed by atoms with Gasteiger partial charge in [0.05, 0.1) is 26.4 Å². The van der Waals surface area contributed by atoms with Gasteiger partial charge in [-0.3, -0.25) is 37.3 Å². The van der Waals surface area contributed by atoms with E-state index in [9.17, 15) is 43.2 Å². The van der Waals surface area contributed by atoms with Crippen molar-refractivity contribution in [1.29, 1.82) is 0 Å². The van der Waals surface area contributed by atoms with Crippen molar-refractivity contribution < 1.29 is 80.2 Å². The molecule has 0 aromatic heterocycles. The van der Waals surface area contributed by atoms with Crippen LogP contribution in [-0.4, -0.2) is 96.7 Å². The predicted molar refractivity (Wildman–Crippen MR) is 372 cm³/mol. The summed E-state index contributed by atoms with van der Waals surface area (Å²) in [7, 11) is -9.89. The average Bonchev–Trinajstić information content (AvgIpc) is 1.91. The van der Waals surface area contributed by atoms with Gasteiger partial charge in [-0.2, -0.15) is 0 Å². The Morgan fingerprint density at radius 1 is 0.293 bits per heavy atom. The molecule has 0 saturated carbocycles. The maximum absolute atomic E-state index is 13.1. The van der Waals surface area contributed by atoms with Crippen LogP contribution in [0.4, 0.5) is 0 Å².